The number of thioether (sulfide) groups is 1. The molecule has 5 rings (SSSR count). The van der Waals surface area contributed by atoms with Crippen molar-refractivity contribution in [2.45, 2.75) is 11.4 Å². The molecule has 2 aliphatic heterocycles. The van der Waals surface area contributed by atoms with E-state index in [1.54, 1.807) is 21.9 Å². The Morgan fingerprint density at radius 2 is 1.67 bits per heavy atom. The fourth-order valence-electron chi connectivity index (χ4n) is 4.11. The molecule has 2 aliphatic rings. The molecule has 0 aromatic heterocycles. The van der Waals surface area contributed by atoms with Crippen LogP contribution in [0, 0.1) is 0 Å². The molecule has 1 fully saturated rings. The number of para-hydroxylation sites is 2. The Morgan fingerprint density at radius 3 is 2.43 bits per heavy atom. The van der Waals surface area contributed by atoms with E-state index >= 15 is 0 Å². The van der Waals surface area contributed by atoms with Crippen LogP contribution in [0.25, 0.3) is 0 Å². The van der Waals surface area contributed by atoms with Gasteiger partial charge in [-0.15, -0.1) is 11.8 Å². The summed E-state index contributed by atoms with van der Waals surface area (Å²) in [4.78, 5) is 29.1. The highest BCUT2D eigenvalue weighted by molar-refractivity contribution is 8.02. The van der Waals surface area contributed by atoms with E-state index in [1.165, 1.54) is 11.8 Å². The highest BCUT2D eigenvalue weighted by Crippen LogP contribution is 2.56. The van der Waals surface area contributed by atoms with Crippen LogP contribution in [0.1, 0.15) is 11.1 Å². The highest BCUT2D eigenvalue weighted by Gasteiger charge is 2.60. The van der Waals surface area contributed by atoms with E-state index in [-0.39, 0.29) is 17.6 Å². The SMILES string of the molecule is O=C1CSC2(C(=O)N(Cc3ccc(Cl)cc3Cl)c3ccccc32)N1c1ccccc1. The van der Waals surface area contributed by atoms with E-state index in [2.05, 4.69) is 0 Å². The highest BCUT2D eigenvalue weighted by atomic mass is 35.5. The molecule has 7 heteroatoms. The van der Waals surface area contributed by atoms with Gasteiger partial charge >= 0.3 is 0 Å². The minimum absolute atomic E-state index is 0.0827. The number of carbonyl (C=O) groups is 2. The van der Waals surface area contributed by atoms with Crippen molar-refractivity contribution in [2.24, 2.45) is 0 Å². The van der Waals surface area contributed by atoms with Gasteiger partial charge in [-0.25, -0.2) is 0 Å². The molecule has 0 saturated carbocycles. The van der Waals surface area contributed by atoms with Crippen molar-refractivity contribution in [3.05, 3.63) is 94.0 Å². The van der Waals surface area contributed by atoms with Gasteiger partial charge in [0.05, 0.1) is 18.0 Å². The Kier molecular flexibility index (Phi) is 4.77. The third-order valence-electron chi connectivity index (χ3n) is 5.42. The molecule has 1 unspecified atom stereocenters. The smallest absolute Gasteiger partial charge is 0.269 e. The molecule has 2 heterocycles. The van der Waals surface area contributed by atoms with E-state index in [4.69, 9.17) is 23.2 Å². The van der Waals surface area contributed by atoms with Crippen molar-refractivity contribution in [1.82, 2.24) is 0 Å². The summed E-state index contributed by atoms with van der Waals surface area (Å²) in [6.07, 6.45) is 0. The molecule has 0 bridgehead atoms. The second-order valence-electron chi connectivity index (χ2n) is 7.14. The maximum absolute atomic E-state index is 13.9. The van der Waals surface area contributed by atoms with E-state index in [0.29, 0.717) is 22.3 Å². The topological polar surface area (TPSA) is 40.6 Å². The summed E-state index contributed by atoms with van der Waals surface area (Å²) in [7, 11) is 0. The third-order valence-corrected chi connectivity index (χ3v) is 7.39. The molecule has 1 spiro atoms. The number of carbonyl (C=O) groups excluding carboxylic acids is 2. The Labute approximate surface area is 188 Å². The van der Waals surface area contributed by atoms with Crippen molar-refractivity contribution < 1.29 is 9.59 Å². The fraction of sp³-hybridized carbons (Fsp3) is 0.130. The Bertz CT molecular complexity index is 1170. The largest absolute Gasteiger partial charge is 0.304 e. The zero-order valence-corrected chi connectivity index (χ0v) is 18.0. The lowest BCUT2D eigenvalue weighted by Crippen LogP contribution is -2.49. The lowest BCUT2D eigenvalue weighted by atomic mass is 10.0. The minimum Gasteiger partial charge on any atom is -0.304 e. The van der Waals surface area contributed by atoms with Crippen LogP contribution < -0.4 is 9.80 Å². The van der Waals surface area contributed by atoms with E-state index in [0.717, 1.165) is 16.8 Å². The van der Waals surface area contributed by atoms with Gasteiger partial charge < -0.3 is 4.90 Å². The van der Waals surface area contributed by atoms with E-state index < -0.39 is 4.87 Å². The van der Waals surface area contributed by atoms with Crippen LogP contribution in [0.4, 0.5) is 11.4 Å². The van der Waals surface area contributed by atoms with Crippen molar-refractivity contribution in [2.75, 3.05) is 15.6 Å². The van der Waals surface area contributed by atoms with Crippen LogP contribution in [0.3, 0.4) is 0 Å². The summed E-state index contributed by atoms with van der Waals surface area (Å²) in [5.41, 5.74) is 3.11. The van der Waals surface area contributed by atoms with Gasteiger partial charge in [-0.2, -0.15) is 0 Å². The summed E-state index contributed by atoms with van der Waals surface area (Å²) in [5, 5.41) is 1.05. The number of fused-ring (bicyclic) bond motifs is 2. The van der Waals surface area contributed by atoms with Gasteiger partial charge in [0.15, 0.2) is 0 Å². The number of hydrogen-bond acceptors (Lipinski definition) is 3. The predicted molar refractivity (Wildman–Crippen MR) is 122 cm³/mol. The normalized spacial score (nSPS) is 20.3. The van der Waals surface area contributed by atoms with Crippen LogP contribution in [0.2, 0.25) is 10.0 Å². The first-order valence-electron chi connectivity index (χ1n) is 9.40. The summed E-state index contributed by atoms with van der Waals surface area (Å²) in [6, 6.07) is 22.3. The number of rotatable bonds is 3. The molecule has 2 amide bonds. The fourth-order valence-corrected chi connectivity index (χ4v) is 5.94. The molecule has 1 atom stereocenters. The first-order chi connectivity index (χ1) is 14.5. The Balaban J connectivity index is 1.64. The molecule has 30 heavy (non-hydrogen) atoms. The molecule has 150 valence electrons. The number of amides is 2. The average Bonchev–Trinajstić information content (AvgIpc) is 3.22. The van der Waals surface area contributed by atoms with Crippen LogP contribution in [-0.4, -0.2) is 17.6 Å². The van der Waals surface area contributed by atoms with Gasteiger partial charge in [0.1, 0.15) is 0 Å². The number of halogens is 2. The molecule has 0 radical (unpaired) electrons. The van der Waals surface area contributed by atoms with Gasteiger partial charge in [0, 0.05) is 21.3 Å². The van der Waals surface area contributed by atoms with Crippen LogP contribution in [0.15, 0.2) is 72.8 Å². The molecular formula is C23H16Cl2N2O2S. The number of benzene rings is 3. The lowest BCUT2D eigenvalue weighted by Gasteiger charge is -2.33. The summed E-state index contributed by atoms with van der Waals surface area (Å²) >= 11 is 13.8. The monoisotopic (exact) mass is 454 g/mol. The number of hydrogen-bond donors (Lipinski definition) is 0. The quantitative estimate of drug-likeness (QED) is 0.526. The Hall–Kier alpha value is -2.47. The van der Waals surface area contributed by atoms with Crippen molar-refractivity contribution >= 4 is 58.2 Å². The Morgan fingerprint density at radius 1 is 0.933 bits per heavy atom. The van der Waals surface area contributed by atoms with Crippen molar-refractivity contribution in [3.8, 4) is 0 Å². The van der Waals surface area contributed by atoms with Gasteiger partial charge in [-0.1, -0.05) is 65.7 Å². The zero-order chi connectivity index (χ0) is 20.9. The number of nitrogens with zero attached hydrogens (tertiary/aromatic N) is 2. The summed E-state index contributed by atoms with van der Waals surface area (Å²) in [6.45, 7) is 0.297. The first kappa shape index (κ1) is 19.5. The number of anilines is 2. The molecule has 0 N–H and O–H groups in total. The molecule has 4 nitrogen and oxygen atoms in total. The van der Waals surface area contributed by atoms with Gasteiger partial charge in [0.25, 0.3) is 5.91 Å². The molecule has 3 aromatic rings. The second kappa shape index (κ2) is 7.34. The zero-order valence-electron chi connectivity index (χ0n) is 15.7. The maximum atomic E-state index is 13.9. The standard InChI is InChI=1S/C23H16Cl2N2O2S/c24-16-11-10-15(19(25)12-16)13-26-20-9-5-4-8-18(20)23(22(26)29)27(21(28)14-30-23)17-6-2-1-3-7-17/h1-12H,13-14H2. The lowest BCUT2D eigenvalue weighted by molar-refractivity contribution is -0.123. The van der Waals surface area contributed by atoms with Crippen LogP contribution in [-0.2, 0) is 21.0 Å². The van der Waals surface area contributed by atoms with E-state index in [9.17, 15) is 9.59 Å². The average molecular weight is 455 g/mol. The van der Waals surface area contributed by atoms with Crippen molar-refractivity contribution in [3.63, 3.8) is 0 Å². The second-order valence-corrected chi connectivity index (χ2v) is 9.15. The van der Waals surface area contributed by atoms with Gasteiger partial charge in [0.2, 0.25) is 10.8 Å². The first-order valence-corrected chi connectivity index (χ1v) is 11.1. The molecule has 0 aliphatic carbocycles. The molecular weight excluding hydrogens is 439 g/mol. The van der Waals surface area contributed by atoms with Crippen molar-refractivity contribution in [1.29, 1.82) is 0 Å². The van der Waals surface area contributed by atoms with Crippen LogP contribution >= 0.6 is 35.0 Å². The maximum Gasteiger partial charge on any atom is 0.269 e. The summed E-state index contributed by atoms with van der Waals surface area (Å²) in [5.74, 6) is 0.0139. The predicted octanol–water partition coefficient (Wildman–Crippen LogP) is 5.47. The van der Waals surface area contributed by atoms with Gasteiger partial charge in [-0.05, 0) is 35.9 Å². The summed E-state index contributed by atoms with van der Waals surface area (Å²) < 4.78 is 0. The van der Waals surface area contributed by atoms with Crippen LogP contribution in [0.5, 0.6) is 0 Å². The molecule has 1 saturated heterocycles. The minimum atomic E-state index is -1.12. The van der Waals surface area contributed by atoms with Gasteiger partial charge in [-0.3, -0.25) is 14.5 Å². The molecule has 3 aromatic carbocycles. The third kappa shape index (κ3) is 2.84. The van der Waals surface area contributed by atoms with E-state index in [1.807, 2.05) is 60.7 Å².